The largest absolute Gasteiger partial charge is 0.323 e. The monoisotopic (exact) mass is 419 g/mol. The third kappa shape index (κ3) is 5.08. The molecule has 2 heterocycles. The van der Waals surface area contributed by atoms with Gasteiger partial charge in [-0.1, -0.05) is 6.07 Å². The number of amides is 1. The third-order valence-corrected chi connectivity index (χ3v) is 7.71. The van der Waals surface area contributed by atoms with Crippen LogP contribution in [0.25, 0.3) is 6.08 Å². The van der Waals surface area contributed by atoms with Gasteiger partial charge < -0.3 is 10.2 Å². The molecular weight excluding hydrogens is 394 g/mol. The zero-order valence-electron chi connectivity index (χ0n) is 16.0. The number of anilines is 1. The summed E-state index contributed by atoms with van der Waals surface area (Å²) >= 11 is 1.55. The van der Waals surface area contributed by atoms with Gasteiger partial charge in [0, 0.05) is 29.7 Å². The van der Waals surface area contributed by atoms with Gasteiger partial charge in [-0.05, 0) is 74.8 Å². The molecule has 0 aliphatic carbocycles. The van der Waals surface area contributed by atoms with Crippen molar-refractivity contribution in [2.24, 2.45) is 0 Å². The van der Waals surface area contributed by atoms with Crippen LogP contribution in [0.15, 0.2) is 52.7 Å². The van der Waals surface area contributed by atoms with E-state index in [1.807, 2.05) is 24.6 Å². The molecule has 1 saturated heterocycles. The van der Waals surface area contributed by atoms with Crippen molar-refractivity contribution >= 4 is 39.0 Å². The number of benzene rings is 1. The maximum absolute atomic E-state index is 12.9. The second-order valence-electron chi connectivity index (χ2n) is 6.92. The number of hydrogen-bond donors (Lipinski definition) is 1. The Morgan fingerprint density at radius 3 is 2.50 bits per heavy atom. The minimum Gasteiger partial charge on any atom is -0.323 e. The first-order valence-electron chi connectivity index (χ1n) is 9.15. The molecule has 2 aromatic rings. The van der Waals surface area contributed by atoms with Crippen LogP contribution in [0.2, 0.25) is 0 Å². The van der Waals surface area contributed by atoms with Gasteiger partial charge in [-0.3, -0.25) is 4.79 Å². The second-order valence-corrected chi connectivity index (χ2v) is 9.89. The van der Waals surface area contributed by atoms with E-state index >= 15 is 0 Å². The van der Waals surface area contributed by atoms with Gasteiger partial charge in [0.05, 0.1) is 4.90 Å². The lowest BCUT2D eigenvalue weighted by Gasteiger charge is -2.34. The van der Waals surface area contributed by atoms with Crippen molar-refractivity contribution in [3.63, 3.8) is 0 Å². The van der Waals surface area contributed by atoms with Crippen LogP contribution in [0.5, 0.6) is 0 Å². The Balaban J connectivity index is 1.63. The maximum atomic E-state index is 12.9. The first-order chi connectivity index (χ1) is 13.4. The lowest BCUT2D eigenvalue weighted by Crippen LogP contribution is -2.44. The van der Waals surface area contributed by atoms with Crippen LogP contribution >= 0.6 is 11.3 Å². The van der Waals surface area contributed by atoms with E-state index in [1.165, 1.54) is 10.4 Å². The predicted molar refractivity (Wildman–Crippen MR) is 114 cm³/mol. The van der Waals surface area contributed by atoms with Gasteiger partial charge in [0.25, 0.3) is 0 Å². The minimum absolute atomic E-state index is 0.0166. The average molecular weight is 420 g/mol. The zero-order chi connectivity index (χ0) is 20.1. The Labute approximate surface area is 170 Å². The number of rotatable bonds is 6. The third-order valence-electron chi connectivity index (χ3n) is 4.94. The average Bonchev–Trinajstić information content (AvgIpc) is 3.20. The fourth-order valence-electron chi connectivity index (χ4n) is 3.16. The summed E-state index contributed by atoms with van der Waals surface area (Å²) in [6, 6.07) is 10.2. The van der Waals surface area contributed by atoms with E-state index in [2.05, 4.69) is 10.2 Å². The van der Waals surface area contributed by atoms with Crippen LogP contribution in [0.3, 0.4) is 0 Å². The van der Waals surface area contributed by atoms with Crippen molar-refractivity contribution in [2.45, 2.75) is 23.8 Å². The van der Waals surface area contributed by atoms with Gasteiger partial charge >= 0.3 is 0 Å². The van der Waals surface area contributed by atoms with E-state index in [0.717, 1.165) is 30.8 Å². The highest BCUT2D eigenvalue weighted by atomic mass is 32.2. The molecule has 1 fully saturated rings. The van der Waals surface area contributed by atoms with Crippen molar-refractivity contribution in [3.8, 4) is 0 Å². The van der Waals surface area contributed by atoms with E-state index in [0.29, 0.717) is 5.69 Å². The smallest absolute Gasteiger partial charge is 0.248 e. The quantitative estimate of drug-likeness (QED) is 0.731. The zero-order valence-corrected chi connectivity index (χ0v) is 17.7. The molecule has 1 aromatic carbocycles. The van der Waals surface area contributed by atoms with Gasteiger partial charge in [-0.25, -0.2) is 8.42 Å². The Kier molecular flexibility index (Phi) is 6.66. The molecule has 3 rings (SSSR count). The molecule has 0 spiro atoms. The highest BCUT2D eigenvalue weighted by Crippen LogP contribution is 2.23. The Morgan fingerprint density at radius 1 is 1.21 bits per heavy atom. The van der Waals surface area contributed by atoms with Gasteiger partial charge in [-0.2, -0.15) is 4.31 Å². The SMILES string of the molecule is CN1CCC(N(C)S(=O)(=O)c2ccc(NC(=O)/C=C/c3cccs3)cc2)CC1. The lowest BCUT2D eigenvalue weighted by molar-refractivity contribution is -0.111. The molecule has 1 aliphatic rings. The summed E-state index contributed by atoms with van der Waals surface area (Å²) in [4.78, 5) is 15.4. The number of carbonyl (C=O) groups is 1. The number of carbonyl (C=O) groups excluding carboxylic acids is 1. The molecule has 6 nitrogen and oxygen atoms in total. The molecule has 150 valence electrons. The highest BCUT2D eigenvalue weighted by molar-refractivity contribution is 7.89. The number of sulfonamides is 1. The molecule has 0 bridgehead atoms. The summed E-state index contributed by atoms with van der Waals surface area (Å²) in [7, 11) is 0.146. The molecule has 0 atom stereocenters. The first-order valence-corrected chi connectivity index (χ1v) is 11.5. The van der Waals surface area contributed by atoms with Gasteiger partial charge in [-0.15, -0.1) is 11.3 Å². The van der Waals surface area contributed by atoms with Crippen molar-refractivity contribution in [3.05, 3.63) is 52.7 Å². The van der Waals surface area contributed by atoms with Gasteiger partial charge in [0.15, 0.2) is 0 Å². The van der Waals surface area contributed by atoms with E-state index in [9.17, 15) is 13.2 Å². The first kappa shape index (κ1) is 20.7. The van der Waals surface area contributed by atoms with Crippen molar-refractivity contribution in [2.75, 3.05) is 32.5 Å². The Morgan fingerprint density at radius 2 is 1.89 bits per heavy atom. The summed E-state index contributed by atoms with van der Waals surface area (Å²) in [6.45, 7) is 1.79. The van der Waals surface area contributed by atoms with E-state index < -0.39 is 10.0 Å². The van der Waals surface area contributed by atoms with Crippen LogP contribution in [0.1, 0.15) is 17.7 Å². The van der Waals surface area contributed by atoms with Crippen LogP contribution in [0.4, 0.5) is 5.69 Å². The summed E-state index contributed by atoms with van der Waals surface area (Å²) < 4.78 is 27.3. The molecule has 0 saturated carbocycles. The Bertz CT molecular complexity index is 914. The normalized spacial score (nSPS) is 16.7. The molecule has 1 aliphatic heterocycles. The molecular formula is C20H25N3O3S2. The van der Waals surface area contributed by atoms with E-state index in [4.69, 9.17) is 0 Å². The summed E-state index contributed by atoms with van der Waals surface area (Å²) in [5.74, 6) is -0.257. The van der Waals surface area contributed by atoms with Gasteiger partial charge in [0.1, 0.15) is 0 Å². The molecule has 28 heavy (non-hydrogen) atoms. The topological polar surface area (TPSA) is 69.7 Å². The summed E-state index contributed by atoms with van der Waals surface area (Å²) in [5.41, 5.74) is 0.557. The number of piperidine rings is 1. The Hall–Kier alpha value is -2.00. The standard InChI is InChI=1S/C20H25N3O3S2/c1-22-13-11-17(12-14-22)23(2)28(25,26)19-8-5-16(6-9-19)21-20(24)10-7-18-4-3-15-27-18/h3-10,15,17H,11-14H2,1-2H3,(H,21,24)/b10-7+. The fraction of sp³-hybridized carbons (Fsp3) is 0.350. The van der Waals surface area contributed by atoms with E-state index in [-0.39, 0.29) is 16.8 Å². The highest BCUT2D eigenvalue weighted by Gasteiger charge is 2.30. The predicted octanol–water partition coefficient (Wildman–Crippen LogP) is 3.11. The lowest BCUT2D eigenvalue weighted by atomic mass is 10.1. The van der Waals surface area contributed by atoms with Crippen molar-refractivity contribution < 1.29 is 13.2 Å². The van der Waals surface area contributed by atoms with Crippen LogP contribution in [-0.4, -0.2) is 56.8 Å². The molecule has 8 heteroatoms. The van der Waals surface area contributed by atoms with Crippen molar-refractivity contribution in [1.29, 1.82) is 0 Å². The minimum atomic E-state index is -3.55. The second kappa shape index (κ2) is 9.00. The van der Waals surface area contributed by atoms with Crippen molar-refractivity contribution in [1.82, 2.24) is 9.21 Å². The summed E-state index contributed by atoms with van der Waals surface area (Å²) in [6.07, 6.45) is 4.87. The molecule has 1 amide bonds. The molecule has 1 aromatic heterocycles. The number of nitrogens with zero attached hydrogens (tertiary/aromatic N) is 2. The fourth-order valence-corrected chi connectivity index (χ4v) is 5.19. The van der Waals surface area contributed by atoms with Crippen LogP contribution in [-0.2, 0) is 14.8 Å². The maximum Gasteiger partial charge on any atom is 0.248 e. The molecule has 1 N–H and O–H groups in total. The van der Waals surface area contributed by atoms with Crippen LogP contribution < -0.4 is 5.32 Å². The number of nitrogens with one attached hydrogen (secondary N) is 1. The van der Waals surface area contributed by atoms with Gasteiger partial charge in [0.2, 0.25) is 15.9 Å². The number of likely N-dealkylation sites (tertiary alicyclic amines) is 1. The van der Waals surface area contributed by atoms with E-state index in [1.54, 1.807) is 48.7 Å². The number of hydrogen-bond acceptors (Lipinski definition) is 5. The molecule has 0 radical (unpaired) electrons. The number of thiophene rings is 1. The van der Waals surface area contributed by atoms with Crippen LogP contribution in [0, 0.1) is 0 Å². The summed E-state index contributed by atoms with van der Waals surface area (Å²) in [5, 5.41) is 4.69. The molecule has 0 unspecified atom stereocenters.